The first kappa shape index (κ1) is 13.3. The van der Waals surface area contributed by atoms with Crippen LogP contribution in [0.4, 0.5) is 5.82 Å². The van der Waals surface area contributed by atoms with Gasteiger partial charge in [-0.15, -0.1) is 0 Å². The molecule has 3 nitrogen and oxygen atoms in total. The average Bonchev–Trinajstić information content (AvgIpc) is 2.64. The van der Waals surface area contributed by atoms with Gasteiger partial charge in [-0.3, -0.25) is 0 Å². The molecule has 3 heteroatoms. The van der Waals surface area contributed by atoms with Crippen LogP contribution >= 0.6 is 0 Å². The van der Waals surface area contributed by atoms with Crippen LogP contribution in [0, 0.1) is 6.92 Å². The fraction of sp³-hybridized carbons (Fsp3) is 0.667. The molecule has 1 aromatic rings. The second-order valence-electron chi connectivity index (χ2n) is 5.16. The van der Waals surface area contributed by atoms with E-state index < -0.39 is 0 Å². The normalized spacial score (nSPS) is 16.7. The van der Waals surface area contributed by atoms with Crippen molar-refractivity contribution < 1.29 is 0 Å². The zero-order valence-corrected chi connectivity index (χ0v) is 11.7. The predicted octanol–water partition coefficient (Wildman–Crippen LogP) is 2.88. The molecule has 1 fully saturated rings. The number of nitrogens with zero attached hydrogens (tertiary/aromatic N) is 2. The van der Waals surface area contributed by atoms with E-state index >= 15 is 0 Å². The van der Waals surface area contributed by atoms with Crippen LogP contribution in [0.15, 0.2) is 12.1 Å². The minimum absolute atomic E-state index is 0.945. The SMILES string of the molecule is CCNCc1cc(C)nc(N2CCCCCC2)c1. The van der Waals surface area contributed by atoms with Crippen LogP contribution in [-0.2, 0) is 6.54 Å². The first-order chi connectivity index (χ1) is 8.79. The van der Waals surface area contributed by atoms with E-state index in [0.717, 1.165) is 31.9 Å². The Hall–Kier alpha value is -1.09. The second kappa shape index (κ2) is 6.74. The van der Waals surface area contributed by atoms with Crippen molar-refractivity contribution in [3.8, 4) is 0 Å². The van der Waals surface area contributed by atoms with E-state index in [9.17, 15) is 0 Å². The van der Waals surface area contributed by atoms with Crippen LogP contribution < -0.4 is 10.2 Å². The maximum Gasteiger partial charge on any atom is 0.129 e. The maximum atomic E-state index is 4.71. The number of aromatic nitrogens is 1. The molecule has 0 amide bonds. The van der Waals surface area contributed by atoms with E-state index in [4.69, 9.17) is 4.98 Å². The zero-order chi connectivity index (χ0) is 12.8. The third kappa shape index (κ3) is 3.70. The summed E-state index contributed by atoms with van der Waals surface area (Å²) in [6, 6.07) is 4.44. The zero-order valence-electron chi connectivity index (χ0n) is 11.7. The fourth-order valence-corrected chi connectivity index (χ4v) is 2.55. The van der Waals surface area contributed by atoms with Gasteiger partial charge >= 0.3 is 0 Å². The molecular weight excluding hydrogens is 222 g/mol. The third-order valence-corrected chi connectivity index (χ3v) is 3.51. The molecule has 2 rings (SSSR count). The number of pyridine rings is 1. The lowest BCUT2D eigenvalue weighted by molar-refractivity contribution is 0.721. The van der Waals surface area contributed by atoms with Gasteiger partial charge < -0.3 is 10.2 Å². The molecule has 0 saturated carbocycles. The Morgan fingerprint density at radius 2 is 1.89 bits per heavy atom. The Labute approximate surface area is 111 Å². The summed E-state index contributed by atoms with van der Waals surface area (Å²) >= 11 is 0. The lowest BCUT2D eigenvalue weighted by atomic mass is 10.2. The number of nitrogens with one attached hydrogen (secondary N) is 1. The van der Waals surface area contributed by atoms with Crippen molar-refractivity contribution in [3.63, 3.8) is 0 Å². The van der Waals surface area contributed by atoms with Crippen LogP contribution in [0.2, 0.25) is 0 Å². The summed E-state index contributed by atoms with van der Waals surface area (Å²) in [5.74, 6) is 1.17. The summed E-state index contributed by atoms with van der Waals surface area (Å²) < 4.78 is 0. The molecule has 1 aromatic heterocycles. The van der Waals surface area contributed by atoms with E-state index in [2.05, 4.69) is 36.2 Å². The van der Waals surface area contributed by atoms with Gasteiger partial charge in [0.1, 0.15) is 5.82 Å². The molecule has 0 atom stereocenters. The first-order valence-electron chi connectivity index (χ1n) is 7.23. The average molecular weight is 247 g/mol. The summed E-state index contributed by atoms with van der Waals surface area (Å²) in [4.78, 5) is 7.16. The van der Waals surface area contributed by atoms with Crippen molar-refractivity contribution in [2.24, 2.45) is 0 Å². The summed E-state index contributed by atoms with van der Waals surface area (Å²) in [5.41, 5.74) is 2.48. The Bertz CT molecular complexity index is 368. The van der Waals surface area contributed by atoms with Gasteiger partial charge in [0.05, 0.1) is 0 Å². The lowest BCUT2D eigenvalue weighted by Crippen LogP contribution is -2.25. The van der Waals surface area contributed by atoms with Gasteiger partial charge in [0.2, 0.25) is 0 Å². The molecule has 18 heavy (non-hydrogen) atoms. The van der Waals surface area contributed by atoms with E-state index in [1.807, 2.05) is 0 Å². The largest absolute Gasteiger partial charge is 0.357 e. The van der Waals surface area contributed by atoms with E-state index in [1.165, 1.54) is 37.1 Å². The highest BCUT2D eigenvalue weighted by Gasteiger charge is 2.12. The topological polar surface area (TPSA) is 28.2 Å². The van der Waals surface area contributed by atoms with Crippen molar-refractivity contribution in [1.82, 2.24) is 10.3 Å². The lowest BCUT2D eigenvalue weighted by Gasteiger charge is -2.22. The highest BCUT2D eigenvalue weighted by Crippen LogP contribution is 2.19. The van der Waals surface area contributed by atoms with Gasteiger partial charge in [0, 0.05) is 25.3 Å². The Kier molecular flexibility index (Phi) is 5.00. The van der Waals surface area contributed by atoms with Crippen molar-refractivity contribution in [2.45, 2.75) is 46.1 Å². The smallest absolute Gasteiger partial charge is 0.129 e. The van der Waals surface area contributed by atoms with Gasteiger partial charge in [-0.1, -0.05) is 19.8 Å². The van der Waals surface area contributed by atoms with Crippen molar-refractivity contribution in [2.75, 3.05) is 24.5 Å². The fourth-order valence-electron chi connectivity index (χ4n) is 2.55. The quantitative estimate of drug-likeness (QED) is 0.886. The van der Waals surface area contributed by atoms with Crippen LogP contribution in [0.25, 0.3) is 0 Å². The first-order valence-corrected chi connectivity index (χ1v) is 7.23. The molecule has 1 saturated heterocycles. The summed E-state index contributed by atoms with van der Waals surface area (Å²) in [6.07, 6.45) is 5.34. The molecule has 0 aromatic carbocycles. The number of rotatable bonds is 4. The molecule has 1 aliphatic heterocycles. The van der Waals surface area contributed by atoms with Crippen LogP contribution in [0.1, 0.15) is 43.9 Å². The van der Waals surface area contributed by atoms with Gasteiger partial charge in [0.25, 0.3) is 0 Å². The molecule has 1 aliphatic rings. The maximum absolute atomic E-state index is 4.71. The number of hydrogen-bond acceptors (Lipinski definition) is 3. The molecule has 1 N–H and O–H groups in total. The highest BCUT2D eigenvalue weighted by molar-refractivity contribution is 5.42. The minimum atomic E-state index is 0.945. The highest BCUT2D eigenvalue weighted by atomic mass is 15.2. The Morgan fingerprint density at radius 3 is 2.56 bits per heavy atom. The summed E-state index contributed by atoms with van der Waals surface area (Å²) in [5, 5.41) is 3.39. The number of anilines is 1. The monoisotopic (exact) mass is 247 g/mol. The van der Waals surface area contributed by atoms with Crippen LogP contribution in [0.5, 0.6) is 0 Å². The second-order valence-corrected chi connectivity index (χ2v) is 5.16. The van der Waals surface area contributed by atoms with Crippen molar-refractivity contribution in [3.05, 3.63) is 23.4 Å². The standard InChI is InChI=1S/C15H25N3/c1-3-16-12-14-10-13(2)17-15(11-14)18-8-6-4-5-7-9-18/h10-11,16H,3-9,12H2,1-2H3. The Balaban J connectivity index is 2.12. The molecular formula is C15H25N3. The number of hydrogen-bond donors (Lipinski definition) is 1. The third-order valence-electron chi connectivity index (χ3n) is 3.51. The van der Waals surface area contributed by atoms with Gasteiger partial charge in [-0.2, -0.15) is 0 Å². The molecule has 2 heterocycles. The Morgan fingerprint density at radius 1 is 1.17 bits per heavy atom. The number of aryl methyl sites for hydroxylation is 1. The summed E-state index contributed by atoms with van der Waals surface area (Å²) in [6.45, 7) is 8.52. The molecule has 0 unspecified atom stereocenters. The van der Waals surface area contributed by atoms with Crippen molar-refractivity contribution >= 4 is 5.82 Å². The predicted molar refractivity (Wildman–Crippen MR) is 77.0 cm³/mol. The van der Waals surface area contributed by atoms with E-state index in [1.54, 1.807) is 0 Å². The van der Waals surface area contributed by atoms with E-state index in [-0.39, 0.29) is 0 Å². The summed E-state index contributed by atoms with van der Waals surface area (Å²) in [7, 11) is 0. The van der Waals surface area contributed by atoms with Gasteiger partial charge in [0.15, 0.2) is 0 Å². The van der Waals surface area contributed by atoms with Gasteiger partial charge in [-0.25, -0.2) is 4.98 Å². The van der Waals surface area contributed by atoms with Gasteiger partial charge in [-0.05, 0) is 44.0 Å². The van der Waals surface area contributed by atoms with Crippen LogP contribution in [-0.4, -0.2) is 24.6 Å². The molecule has 0 bridgehead atoms. The van der Waals surface area contributed by atoms with Crippen molar-refractivity contribution in [1.29, 1.82) is 0 Å². The molecule has 0 radical (unpaired) electrons. The van der Waals surface area contributed by atoms with E-state index in [0.29, 0.717) is 0 Å². The minimum Gasteiger partial charge on any atom is -0.357 e. The molecule has 0 spiro atoms. The molecule has 0 aliphatic carbocycles. The van der Waals surface area contributed by atoms with Crippen LogP contribution in [0.3, 0.4) is 0 Å². The molecule has 100 valence electrons.